The van der Waals surface area contributed by atoms with Gasteiger partial charge in [-0.3, -0.25) is 4.79 Å². The van der Waals surface area contributed by atoms with Crippen molar-refractivity contribution in [2.45, 2.75) is 20.3 Å². The summed E-state index contributed by atoms with van der Waals surface area (Å²) in [6, 6.07) is 15.5. The van der Waals surface area contributed by atoms with Crippen LogP contribution < -0.4 is 10.1 Å². The Balaban J connectivity index is 1.83. The van der Waals surface area contributed by atoms with Crippen LogP contribution in [0.5, 0.6) is 5.75 Å². The summed E-state index contributed by atoms with van der Waals surface area (Å²) >= 11 is 0. The molecule has 0 saturated heterocycles. The number of rotatable bonds is 5. The van der Waals surface area contributed by atoms with Crippen molar-refractivity contribution in [3.63, 3.8) is 0 Å². The molecular weight excluding hydrogens is 250 g/mol. The minimum Gasteiger partial charge on any atom is -0.484 e. The van der Waals surface area contributed by atoms with Gasteiger partial charge in [-0.2, -0.15) is 0 Å². The van der Waals surface area contributed by atoms with Crippen LogP contribution in [0.2, 0.25) is 0 Å². The highest BCUT2D eigenvalue weighted by Crippen LogP contribution is 2.13. The minimum atomic E-state index is -0.159. The van der Waals surface area contributed by atoms with Crippen molar-refractivity contribution in [2.24, 2.45) is 0 Å². The smallest absolute Gasteiger partial charge is 0.262 e. The lowest BCUT2D eigenvalue weighted by atomic mass is 10.2. The first-order valence-corrected chi connectivity index (χ1v) is 6.75. The summed E-state index contributed by atoms with van der Waals surface area (Å²) in [6.45, 7) is 4.12. The van der Waals surface area contributed by atoms with E-state index in [4.69, 9.17) is 4.74 Å². The standard InChI is InChI=1S/C17H19NO2/c1-3-14-6-10-16(11-7-14)20-12-17(19)18-15-8-4-13(2)5-9-15/h4-11H,3,12H2,1-2H3,(H,18,19). The van der Waals surface area contributed by atoms with Crippen molar-refractivity contribution in [3.8, 4) is 5.75 Å². The van der Waals surface area contributed by atoms with Gasteiger partial charge >= 0.3 is 0 Å². The fraction of sp³-hybridized carbons (Fsp3) is 0.235. The molecule has 0 unspecified atom stereocenters. The zero-order valence-electron chi connectivity index (χ0n) is 11.8. The first kappa shape index (κ1) is 14.1. The Morgan fingerprint density at radius 3 is 2.30 bits per heavy atom. The number of carbonyl (C=O) groups excluding carboxylic acids is 1. The van der Waals surface area contributed by atoms with Crippen molar-refractivity contribution in [3.05, 3.63) is 59.7 Å². The molecule has 2 aromatic rings. The third-order valence-electron chi connectivity index (χ3n) is 3.04. The first-order valence-electron chi connectivity index (χ1n) is 6.75. The molecule has 0 fully saturated rings. The summed E-state index contributed by atoms with van der Waals surface area (Å²) in [5.74, 6) is 0.551. The van der Waals surface area contributed by atoms with E-state index < -0.39 is 0 Å². The van der Waals surface area contributed by atoms with Gasteiger partial charge in [0, 0.05) is 5.69 Å². The van der Waals surface area contributed by atoms with Crippen molar-refractivity contribution >= 4 is 11.6 Å². The average Bonchev–Trinajstić information content (AvgIpc) is 2.48. The summed E-state index contributed by atoms with van der Waals surface area (Å²) in [6.07, 6.45) is 0.994. The molecule has 0 heterocycles. The van der Waals surface area contributed by atoms with Gasteiger partial charge in [0.15, 0.2) is 6.61 Å². The molecule has 0 aliphatic heterocycles. The summed E-state index contributed by atoms with van der Waals surface area (Å²) in [5.41, 5.74) is 3.20. The number of nitrogens with one attached hydrogen (secondary N) is 1. The predicted octanol–water partition coefficient (Wildman–Crippen LogP) is 3.57. The molecule has 3 nitrogen and oxygen atoms in total. The molecule has 0 saturated carbocycles. The van der Waals surface area contributed by atoms with Gasteiger partial charge in [0.1, 0.15) is 5.75 Å². The fourth-order valence-electron chi connectivity index (χ4n) is 1.80. The monoisotopic (exact) mass is 269 g/mol. The van der Waals surface area contributed by atoms with Crippen molar-refractivity contribution in [1.29, 1.82) is 0 Å². The molecule has 1 amide bonds. The van der Waals surface area contributed by atoms with Gasteiger partial charge < -0.3 is 10.1 Å². The van der Waals surface area contributed by atoms with Crippen molar-refractivity contribution in [2.75, 3.05) is 11.9 Å². The van der Waals surface area contributed by atoms with Crippen LogP contribution in [0.15, 0.2) is 48.5 Å². The van der Waals surface area contributed by atoms with E-state index in [-0.39, 0.29) is 12.5 Å². The number of benzene rings is 2. The second-order valence-electron chi connectivity index (χ2n) is 4.70. The number of hydrogen-bond donors (Lipinski definition) is 1. The molecule has 20 heavy (non-hydrogen) atoms. The van der Waals surface area contributed by atoms with E-state index in [0.717, 1.165) is 17.7 Å². The van der Waals surface area contributed by atoms with E-state index >= 15 is 0 Å². The highest BCUT2D eigenvalue weighted by molar-refractivity contribution is 5.91. The number of aryl methyl sites for hydroxylation is 2. The molecule has 0 aliphatic rings. The highest BCUT2D eigenvalue weighted by Gasteiger charge is 2.03. The molecule has 0 atom stereocenters. The second kappa shape index (κ2) is 6.75. The molecule has 104 valence electrons. The Labute approximate surface area is 119 Å². The van der Waals surface area contributed by atoms with Gasteiger partial charge in [0.25, 0.3) is 5.91 Å². The Hall–Kier alpha value is -2.29. The van der Waals surface area contributed by atoms with Gasteiger partial charge in [0.2, 0.25) is 0 Å². The Bertz CT molecular complexity index is 559. The second-order valence-corrected chi connectivity index (χ2v) is 4.70. The van der Waals surface area contributed by atoms with Crippen LogP contribution in [0.1, 0.15) is 18.1 Å². The topological polar surface area (TPSA) is 38.3 Å². The zero-order chi connectivity index (χ0) is 14.4. The van der Waals surface area contributed by atoms with Crippen LogP contribution >= 0.6 is 0 Å². The summed E-state index contributed by atoms with van der Waals surface area (Å²) < 4.78 is 5.45. The lowest BCUT2D eigenvalue weighted by molar-refractivity contribution is -0.118. The maximum Gasteiger partial charge on any atom is 0.262 e. The van der Waals surface area contributed by atoms with Crippen LogP contribution in [0.3, 0.4) is 0 Å². The molecule has 2 rings (SSSR count). The molecular formula is C17H19NO2. The molecule has 0 bridgehead atoms. The van der Waals surface area contributed by atoms with E-state index in [9.17, 15) is 4.79 Å². The SMILES string of the molecule is CCc1ccc(OCC(=O)Nc2ccc(C)cc2)cc1. The zero-order valence-corrected chi connectivity index (χ0v) is 11.8. The quantitative estimate of drug-likeness (QED) is 0.901. The van der Waals surface area contributed by atoms with Crippen LogP contribution in [0.25, 0.3) is 0 Å². The maximum absolute atomic E-state index is 11.8. The largest absolute Gasteiger partial charge is 0.484 e. The van der Waals surface area contributed by atoms with Gasteiger partial charge in [-0.25, -0.2) is 0 Å². The number of hydrogen-bond acceptors (Lipinski definition) is 2. The van der Waals surface area contributed by atoms with Crippen LogP contribution in [0.4, 0.5) is 5.69 Å². The van der Waals surface area contributed by atoms with Crippen molar-refractivity contribution < 1.29 is 9.53 Å². The fourth-order valence-corrected chi connectivity index (χ4v) is 1.80. The number of ether oxygens (including phenoxy) is 1. The van der Waals surface area contributed by atoms with Crippen LogP contribution in [-0.4, -0.2) is 12.5 Å². The lowest BCUT2D eigenvalue weighted by Gasteiger charge is -2.08. The molecule has 2 aromatic carbocycles. The minimum absolute atomic E-state index is 0.0132. The highest BCUT2D eigenvalue weighted by atomic mass is 16.5. The van der Waals surface area contributed by atoms with Crippen LogP contribution in [0, 0.1) is 6.92 Å². The van der Waals surface area contributed by atoms with Crippen molar-refractivity contribution in [1.82, 2.24) is 0 Å². The van der Waals surface area contributed by atoms with Gasteiger partial charge in [-0.1, -0.05) is 36.8 Å². The van der Waals surface area contributed by atoms with Crippen LogP contribution in [-0.2, 0) is 11.2 Å². The van der Waals surface area contributed by atoms with Gasteiger partial charge in [-0.15, -0.1) is 0 Å². The van der Waals surface area contributed by atoms with E-state index in [1.54, 1.807) is 0 Å². The molecule has 3 heteroatoms. The van der Waals surface area contributed by atoms with Gasteiger partial charge in [0.05, 0.1) is 0 Å². The maximum atomic E-state index is 11.8. The van der Waals surface area contributed by atoms with E-state index in [1.165, 1.54) is 5.56 Å². The number of anilines is 1. The average molecular weight is 269 g/mol. The normalized spacial score (nSPS) is 10.1. The molecule has 0 spiro atoms. The first-order chi connectivity index (χ1) is 9.67. The Morgan fingerprint density at radius 2 is 1.70 bits per heavy atom. The molecule has 0 radical (unpaired) electrons. The number of amides is 1. The Morgan fingerprint density at radius 1 is 1.05 bits per heavy atom. The summed E-state index contributed by atoms with van der Waals surface area (Å²) in [7, 11) is 0. The molecule has 1 N–H and O–H groups in total. The molecule has 0 aromatic heterocycles. The summed E-state index contributed by atoms with van der Waals surface area (Å²) in [4.78, 5) is 11.8. The van der Waals surface area contributed by atoms with Gasteiger partial charge in [-0.05, 0) is 43.2 Å². The predicted molar refractivity (Wildman–Crippen MR) is 81.1 cm³/mol. The van der Waals surface area contributed by atoms with E-state index in [1.807, 2.05) is 55.5 Å². The third-order valence-corrected chi connectivity index (χ3v) is 3.04. The number of carbonyl (C=O) groups is 1. The van der Waals surface area contributed by atoms with E-state index in [0.29, 0.717) is 5.75 Å². The Kier molecular flexibility index (Phi) is 4.77. The molecule has 0 aliphatic carbocycles. The van der Waals surface area contributed by atoms with E-state index in [2.05, 4.69) is 12.2 Å². The summed E-state index contributed by atoms with van der Waals surface area (Å²) in [5, 5.41) is 2.80. The lowest BCUT2D eigenvalue weighted by Crippen LogP contribution is -2.20. The third kappa shape index (κ3) is 4.12.